The van der Waals surface area contributed by atoms with Gasteiger partial charge in [-0.15, -0.1) is 11.3 Å². The Morgan fingerprint density at radius 3 is 2.24 bits per heavy atom. The summed E-state index contributed by atoms with van der Waals surface area (Å²) >= 11 is 4.76. The van der Waals surface area contributed by atoms with Gasteiger partial charge < -0.3 is 5.32 Å². The normalized spacial score (nSPS) is 14.1. The van der Waals surface area contributed by atoms with Crippen LogP contribution >= 0.6 is 27.3 Å². The number of hydrogen-bond donors (Lipinski definition) is 1. The smallest absolute Gasteiger partial charge is 0.262 e. The van der Waals surface area contributed by atoms with Crippen LogP contribution < -0.4 is 5.32 Å². The lowest BCUT2D eigenvalue weighted by atomic mass is 10.1. The van der Waals surface area contributed by atoms with Gasteiger partial charge in [-0.25, -0.2) is 4.98 Å². The number of aromatic nitrogens is 1. The second-order valence-electron chi connectivity index (χ2n) is 6.62. The lowest BCUT2D eigenvalue weighted by Gasteiger charge is -2.21. The summed E-state index contributed by atoms with van der Waals surface area (Å²) in [4.78, 5) is 44.4. The van der Waals surface area contributed by atoms with Crippen LogP contribution in [0.4, 0.5) is 5.13 Å². The summed E-state index contributed by atoms with van der Waals surface area (Å²) in [7, 11) is 0. The van der Waals surface area contributed by atoms with Crippen molar-refractivity contribution in [1.82, 2.24) is 9.88 Å². The molecule has 0 aliphatic carbocycles. The average Bonchev–Trinajstić information content (AvgIpc) is 3.19. The quantitative estimate of drug-likeness (QED) is 0.570. The molecular formula is C21H16BrN3O3S. The van der Waals surface area contributed by atoms with Crippen molar-refractivity contribution in [2.45, 2.75) is 19.9 Å². The fraction of sp³-hybridized carbons (Fsp3) is 0.143. The van der Waals surface area contributed by atoms with Crippen LogP contribution in [0.15, 0.2) is 53.0 Å². The van der Waals surface area contributed by atoms with Crippen LogP contribution in [-0.2, 0) is 4.79 Å². The van der Waals surface area contributed by atoms with Crippen molar-refractivity contribution < 1.29 is 14.4 Å². The molecule has 2 heterocycles. The third-order valence-electron chi connectivity index (χ3n) is 4.74. The number of imide groups is 1. The number of nitrogens with one attached hydrogen (secondary N) is 1. The third kappa shape index (κ3) is 3.49. The van der Waals surface area contributed by atoms with E-state index in [2.05, 4.69) is 26.2 Å². The van der Waals surface area contributed by atoms with E-state index in [9.17, 15) is 14.4 Å². The molecule has 0 bridgehead atoms. The van der Waals surface area contributed by atoms with E-state index in [-0.39, 0.29) is 0 Å². The molecule has 0 spiro atoms. The van der Waals surface area contributed by atoms with Crippen molar-refractivity contribution in [1.29, 1.82) is 0 Å². The number of aryl methyl sites for hydroxylation is 1. The Hall–Kier alpha value is -2.84. The molecule has 0 radical (unpaired) electrons. The van der Waals surface area contributed by atoms with Gasteiger partial charge in [0.25, 0.3) is 11.8 Å². The minimum Gasteiger partial charge on any atom is -0.300 e. The van der Waals surface area contributed by atoms with E-state index in [1.165, 1.54) is 18.3 Å². The number of nitrogens with zero attached hydrogens (tertiary/aromatic N) is 2. The maximum absolute atomic E-state index is 12.7. The van der Waals surface area contributed by atoms with E-state index in [0.29, 0.717) is 16.3 Å². The highest BCUT2D eigenvalue weighted by atomic mass is 79.9. The summed E-state index contributed by atoms with van der Waals surface area (Å²) in [6.45, 7) is 3.46. The van der Waals surface area contributed by atoms with Crippen LogP contribution in [0.3, 0.4) is 0 Å². The van der Waals surface area contributed by atoms with Gasteiger partial charge in [0.15, 0.2) is 5.13 Å². The zero-order valence-electron chi connectivity index (χ0n) is 15.6. The fourth-order valence-corrected chi connectivity index (χ4v) is 4.32. The van der Waals surface area contributed by atoms with Crippen molar-refractivity contribution in [3.63, 3.8) is 0 Å². The van der Waals surface area contributed by atoms with E-state index in [0.717, 1.165) is 25.5 Å². The van der Waals surface area contributed by atoms with Gasteiger partial charge in [0, 0.05) is 14.9 Å². The summed E-state index contributed by atoms with van der Waals surface area (Å²) in [5.41, 5.74) is 2.36. The number of hydrogen-bond acceptors (Lipinski definition) is 5. The Morgan fingerprint density at radius 1 is 1.07 bits per heavy atom. The van der Waals surface area contributed by atoms with E-state index < -0.39 is 23.8 Å². The van der Waals surface area contributed by atoms with Gasteiger partial charge >= 0.3 is 0 Å². The minimum atomic E-state index is -0.956. The highest BCUT2D eigenvalue weighted by molar-refractivity contribution is 9.10. The van der Waals surface area contributed by atoms with E-state index >= 15 is 0 Å². The first-order valence-electron chi connectivity index (χ1n) is 8.88. The number of anilines is 1. The molecule has 3 aromatic rings. The van der Waals surface area contributed by atoms with Crippen LogP contribution in [0.25, 0.3) is 11.3 Å². The fourth-order valence-electron chi connectivity index (χ4n) is 3.21. The Kier molecular flexibility index (Phi) is 5.06. The predicted molar refractivity (Wildman–Crippen MR) is 115 cm³/mol. The van der Waals surface area contributed by atoms with Gasteiger partial charge in [0.1, 0.15) is 6.04 Å². The van der Waals surface area contributed by atoms with Crippen molar-refractivity contribution in [3.8, 4) is 11.3 Å². The van der Waals surface area contributed by atoms with Gasteiger partial charge in [-0.05, 0) is 38.1 Å². The molecule has 0 fully saturated rings. The van der Waals surface area contributed by atoms with Crippen LogP contribution in [-0.4, -0.2) is 33.6 Å². The molecule has 2 aromatic carbocycles. The summed E-state index contributed by atoms with van der Waals surface area (Å²) in [5, 5.41) is 3.17. The Balaban J connectivity index is 1.53. The summed E-state index contributed by atoms with van der Waals surface area (Å²) in [6.07, 6.45) is 0. The molecule has 1 aliphatic rings. The zero-order valence-corrected chi connectivity index (χ0v) is 18.0. The van der Waals surface area contributed by atoms with Gasteiger partial charge in [-0.1, -0.05) is 40.2 Å². The topological polar surface area (TPSA) is 79.4 Å². The van der Waals surface area contributed by atoms with Gasteiger partial charge in [-0.2, -0.15) is 0 Å². The second-order valence-corrected chi connectivity index (χ2v) is 8.74. The van der Waals surface area contributed by atoms with Gasteiger partial charge in [0.05, 0.1) is 16.8 Å². The first kappa shape index (κ1) is 19.5. The predicted octanol–water partition coefficient (Wildman–Crippen LogP) is 4.50. The molecule has 1 atom stereocenters. The molecule has 0 saturated carbocycles. The molecule has 1 unspecified atom stereocenters. The maximum atomic E-state index is 12.7. The average molecular weight is 470 g/mol. The Labute approximate surface area is 179 Å². The van der Waals surface area contributed by atoms with Crippen LogP contribution in [0, 0.1) is 6.92 Å². The van der Waals surface area contributed by atoms with Crippen molar-refractivity contribution in [2.75, 3.05) is 5.32 Å². The first-order chi connectivity index (χ1) is 13.9. The second kappa shape index (κ2) is 7.53. The molecule has 4 rings (SSSR count). The van der Waals surface area contributed by atoms with Gasteiger partial charge in [0.2, 0.25) is 5.91 Å². The number of rotatable bonds is 4. The molecule has 1 N–H and O–H groups in total. The molecule has 6 nitrogen and oxygen atoms in total. The van der Waals surface area contributed by atoms with Crippen LogP contribution in [0.2, 0.25) is 0 Å². The molecule has 8 heteroatoms. The molecule has 0 saturated heterocycles. The minimum absolute atomic E-state index is 0.319. The number of thiazole rings is 1. The number of carbonyl (C=O) groups is 3. The standard InChI is InChI=1S/C21H16BrN3O3S/c1-11(25-19(27)15-5-3-4-6-16(15)20(25)28)18(26)24-21-23-17(12(2)29-21)13-7-9-14(22)10-8-13/h3-11H,1-2H3,(H,23,24,26). The Bertz CT molecular complexity index is 1110. The molecule has 146 valence electrons. The van der Waals surface area contributed by atoms with Crippen molar-refractivity contribution in [3.05, 3.63) is 69.0 Å². The molecule has 29 heavy (non-hydrogen) atoms. The number of carbonyl (C=O) groups excluding carboxylic acids is 3. The monoisotopic (exact) mass is 469 g/mol. The highest BCUT2D eigenvalue weighted by Gasteiger charge is 2.40. The molecule has 3 amide bonds. The SMILES string of the molecule is Cc1sc(NC(=O)C(C)N2C(=O)c3ccccc3C2=O)nc1-c1ccc(Br)cc1. The van der Waals surface area contributed by atoms with E-state index in [1.54, 1.807) is 24.3 Å². The molecule has 1 aliphatic heterocycles. The zero-order chi connectivity index (χ0) is 20.7. The number of amides is 3. The summed E-state index contributed by atoms with van der Waals surface area (Å²) in [6, 6.07) is 13.4. The highest BCUT2D eigenvalue weighted by Crippen LogP contribution is 2.31. The van der Waals surface area contributed by atoms with E-state index in [4.69, 9.17) is 0 Å². The van der Waals surface area contributed by atoms with Crippen molar-refractivity contribution >= 4 is 50.1 Å². The van der Waals surface area contributed by atoms with E-state index in [1.807, 2.05) is 31.2 Å². The summed E-state index contributed by atoms with van der Waals surface area (Å²) < 4.78 is 0.970. The molecule has 1 aromatic heterocycles. The molecular weight excluding hydrogens is 454 g/mol. The number of halogens is 1. The largest absolute Gasteiger partial charge is 0.300 e. The number of benzene rings is 2. The van der Waals surface area contributed by atoms with Gasteiger partial charge in [-0.3, -0.25) is 19.3 Å². The first-order valence-corrected chi connectivity index (χ1v) is 10.5. The maximum Gasteiger partial charge on any atom is 0.262 e. The van der Waals surface area contributed by atoms with Crippen molar-refractivity contribution in [2.24, 2.45) is 0 Å². The Morgan fingerprint density at radius 2 is 1.66 bits per heavy atom. The number of fused-ring (bicyclic) bond motifs is 1. The van der Waals surface area contributed by atoms with Crippen LogP contribution in [0.5, 0.6) is 0 Å². The lowest BCUT2D eigenvalue weighted by molar-refractivity contribution is -0.119. The third-order valence-corrected chi connectivity index (χ3v) is 6.15. The lowest BCUT2D eigenvalue weighted by Crippen LogP contribution is -2.45. The summed E-state index contributed by atoms with van der Waals surface area (Å²) in [5.74, 6) is -1.38. The van der Waals surface area contributed by atoms with Crippen LogP contribution in [0.1, 0.15) is 32.5 Å².